The number of nitrogens with two attached hydrogens (primary N) is 1. The summed E-state index contributed by atoms with van der Waals surface area (Å²) in [6, 6.07) is 8.09. The molecule has 1 aromatic carbocycles. The number of fused-ring (bicyclic) bond motifs is 2. The summed E-state index contributed by atoms with van der Waals surface area (Å²) in [5.74, 6) is -0.0877. The van der Waals surface area contributed by atoms with Crippen molar-refractivity contribution in [3.05, 3.63) is 45.9 Å². The predicted molar refractivity (Wildman–Crippen MR) is 158 cm³/mol. The maximum absolute atomic E-state index is 13.3. The number of thioether (sulfide) groups is 1. The zero-order valence-electron chi connectivity index (χ0n) is 21.9. The Labute approximate surface area is 239 Å². The summed E-state index contributed by atoms with van der Waals surface area (Å²) in [4.78, 5) is 24.4. The van der Waals surface area contributed by atoms with Gasteiger partial charge in [-0.05, 0) is 30.9 Å². The van der Waals surface area contributed by atoms with Crippen LogP contribution in [-0.4, -0.2) is 62.0 Å². The highest BCUT2D eigenvalue weighted by molar-refractivity contribution is 8.77. The molecule has 4 unspecified atom stereocenters. The number of aliphatic hydroxyl groups excluding tert-OH is 1. The van der Waals surface area contributed by atoms with Gasteiger partial charge in [0.2, 0.25) is 5.95 Å². The molecule has 0 radical (unpaired) electrons. The molecule has 0 amide bonds. The van der Waals surface area contributed by atoms with Crippen LogP contribution in [0.1, 0.15) is 38.4 Å². The van der Waals surface area contributed by atoms with Crippen molar-refractivity contribution in [2.45, 2.75) is 72.4 Å². The number of aromatic amines is 1. The lowest BCUT2D eigenvalue weighted by atomic mass is 9.94. The standard InChI is InChI=1S/C25H33N4O6PS3/c1-25(2,3)39-38-17-7-5-4-6-14(17)10-11-33-36(32)34-13-18-21(35-36)20(30)22(37-18)15-8-9-16-19(27-12-15)23(31)29-24(26)28-16/h4-7,12,15,18,20-22,30H,8-11,13H2,1-3H3,(H3,26,28,29,31)/t15?,18-,20?,21?,22+,36?/m1/s1. The lowest BCUT2D eigenvalue weighted by molar-refractivity contribution is -0.0242. The number of hydrogen-bond donors (Lipinski definition) is 3. The van der Waals surface area contributed by atoms with Crippen molar-refractivity contribution in [1.29, 1.82) is 0 Å². The smallest absolute Gasteiger partial charge is 0.389 e. The van der Waals surface area contributed by atoms with Crippen LogP contribution in [0.3, 0.4) is 0 Å². The van der Waals surface area contributed by atoms with Crippen LogP contribution >= 0.6 is 41.2 Å². The van der Waals surface area contributed by atoms with E-state index in [1.807, 2.05) is 18.2 Å². The minimum Gasteiger partial charge on any atom is -0.389 e. The summed E-state index contributed by atoms with van der Waals surface area (Å²) in [7, 11) is -0.330. The van der Waals surface area contributed by atoms with Crippen LogP contribution in [0, 0.1) is 5.92 Å². The van der Waals surface area contributed by atoms with E-state index in [4.69, 9.17) is 19.3 Å². The third kappa shape index (κ3) is 6.95. The summed E-state index contributed by atoms with van der Waals surface area (Å²) < 4.78 is 30.6. The number of benzene rings is 1. The molecule has 14 heteroatoms. The van der Waals surface area contributed by atoms with Crippen molar-refractivity contribution >= 4 is 59.0 Å². The molecule has 39 heavy (non-hydrogen) atoms. The van der Waals surface area contributed by atoms with Gasteiger partial charge in [-0.3, -0.25) is 28.3 Å². The van der Waals surface area contributed by atoms with Crippen molar-refractivity contribution in [3.63, 3.8) is 0 Å². The minimum atomic E-state index is -3.84. The van der Waals surface area contributed by atoms with E-state index in [-0.39, 0.29) is 51.6 Å². The fourth-order valence-electron chi connectivity index (χ4n) is 4.66. The third-order valence-electron chi connectivity index (χ3n) is 6.51. The summed E-state index contributed by atoms with van der Waals surface area (Å²) in [6.07, 6.45) is 1.78. The normalized spacial score (nSPS) is 30.5. The fraction of sp³-hybridized carbons (Fsp3) is 0.560. The molecule has 10 nitrogen and oxygen atoms in total. The first-order valence-electron chi connectivity index (χ1n) is 12.8. The highest BCUT2D eigenvalue weighted by Crippen LogP contribution is 2.59. The first-order chi connectivity index (χ1) is 18.5. The number of nitrogens with zero attached hydrogens (tertiary/aromatic N) is 2. The average Bonchev–Trinajstić information content (AvgIpc) is 3.04. The maximum Gasteiger partial charge on any atom is 0.475 e. The molecule has 212 valence electrons. The first-order valence-corrected chi connectivity index (χ1v) is 17.3. The highest BCUT2D eigenvalue weighted by atomic mass is 33.1. The molecule has 3 aliphatic rings. The van der Waals surface area contributed by atoms with Crippen LogP contribution in [0.15, 0.2) is 38.9 Å². The average molecular weight is 613 g/mol. The minimum absolute atomic E-state index is 0.0565. The monoisotopic (exact) mass is 612 g/mol. The van der Waals surface area contributed by atoms with E-state index in [1.54, 1.807) is 27.8 Å². The summed E-state index contributed by atoms with van der Waals surface area (Å²) in [6.45, 7) is 6.82. The SMILES string of the molecule is CC(C)(C)SSc1ccccc1CCOP1(=O)OC[C@H]2S[C@@H](C3C=Nc4c(nc(N)[nH]c4=O)CC3)C(O)C2O1. The van der Waals surface area contributed by atoms with Crippen molar-refractivity contribution in [2.75, 3.05) is 18.9 Å². The Hall–Kier alpha value is -1.31. The zero-order chi connectivity index (χ0) is 27.8. The molecule has 0 aliphatic carbocycles. The topological polar surface area (TPSA) is 149 Å². The number of hydrogen-bond acceptors (Lipinski definition) is 12. The molecule has 0 spiro atoms. The lowest BCUT2D eigenvalue weighted by Crippen LogP contribution is -2.41. The van der Waals surface area contributed by atoms with E-state index in [1.165, 1.54) is 11.8 Å². The number of aliphatic hydroxyl groups is 1. The number of nitrogens with one attached hydrogen (secondary N) is 1. The number of phosphoric acid groups is 1. The summed E-state index contributed by atoms with van der Waals surface area (Å²) >= 11 is 1.53. The molecule has 2 aromatic rings. The van der Waals surface area contributed by atoms with Crippen LogP contribution < -0.4 is 11.3 Å². The Morgan fingerprint density at radius 2 is 2.13 bits per heavy atom. The lowest BCUT2D eigenvalue weighted by Gasteiger charge is -2.31. The Morgan fingerprint density at radius 1 is 1.33 bits per heavy atom. The van der Waals surface area contributed by atoms with Gasteiger partial charge < -0.3 is 10.8 Å². The van der Waals surface area contributed by atoms with Crippen LogP contribution in [0.25, 0.3) is 0 Å². The molecule has 4 N–H and O–H groups in total. The fourth-order valence-corrected chi connectivity index (χ4v) is 10.2. The van der Waals surface area contributed by atoms with E-state index in [2.05, 4.69) is 41.8 Å². The molecule has 0 saturated carbocycles. The van der Waals surface area contributed by atoms with Crippen molar-refractivity contribution in [1.82, 2.24) is 9.97 Å². The first kappa shape index (κ1) is 29.2. The number of aryl methyl sites for hydroxylation is 1. The van der Waals surface area contributed by atoms with E-state index in [0.29, 0.717) is 25.0 Å². The van der Waals surface area contributed by atoms with Crippen LogP contribution in [0.4, 0.5) is 11.6 Å². The molecular weight excluding hydrogens is 579 g/mol. The Morgan fingerprint density at radius 3 is 2.92 bits per heavy atom. The summed E-state index contributed by atoms with van der Waals surface area (Å²) in [5, 5.41) is 10.7. The predicted octanol–water partition coefficient (Wildman–Crippen LogP) is 4.78. The Balaban J connectivity index is 1.19. The maximum atomic E-state index is 13.3. The molecule has 2 fully saturated rings. The van der Waals surface area contributed by atoms with E-state index in [9.17, 15) is 14.5 Å². The molecule has 4 heterocycles. The van der Waals surface area contributed by atoms with Crippen molar-refractivity contribution in [2.24, 2.45) is 10.9 Å². The van der Waals surface area contributed by atoms with E-state index >= 15 is 0 Å². The number of phosphoric ester groups is 1. The third-order valence-corrected chi connectivity index (χ3v) is 13.1. The second-order valence-electron chi connectivity index (χ2n) is 10.6. The van der Waals surface area contributed by atoms with Crippen LogP contribution in [-0.2, 0) is 31.0 Å². The molecule has 0 bridgehead atoms. The number of anilines is 1. The highest BCUT2D eigenvalue weighted by Gasteiger charge is 2.53. The Bertz CT molecular complexity index is 1340. The van der Waals surface area contributed by atoms with Crippen molar-refractivity contribution < 1.29 is 23.2 Å². The van der Waals surface area contributed by atoms with Gasteiger partial charge >= 0.3 is 7.82 Å². The van der Waals surface area contributed by atoms with Gasteiger partial charge in [-0.2, -0.15) is 0 Å². The molecule has 2 saturated heterocycles. The van der Waals surface area contributed by atoms with Gasteiger partial charge in [-0.1, -0.05) is 60.6 Å². The van der Waals surface area contributed by atoms with Gasteiger partial charge in [0.15, 0.2) is 0 Å². The second kappa shape index (κ2) is 11.9. The number of aliphatic imine (C=N–C) groups is 1. The molecule has 5 rings (SSSR count). The molecule has 6 atom stereocenters. The summed E-state index contributed by atoms with van der Waals surface area (Å²) in [5.41, 5.74) is 7.19. The number of aromatic nitrogens is 2. The van der Waals surface area contributed by atoms with Crippen LogP contribution in [0.2, 0.25) is 0 Å². The quantitative estimate of drug-likeness (QED) is 0.293. The van der Waals surface area contributed by atoms with E-state index in [0.717, 1.165) is 10.5 Å². The number of rotatable bonds is 7. The molecule has 3 aliphatic heterocycles. The molecular formula is C25H33N4O6PS3. The van der Waals surface area contributed by atoms with Gasteiger partial charge in [-0.25, -0.2) is 9.55 Å². The van der Waals surface area contributed by atoms with E-state index < -0.39 is 20.0 Å². The number of nitrogen functional groups attached to an aromatic ring is 1. The van der Waals surface area contributed by atoms with Crippen molar-refractivity contribution in [3.8, 4) is 0 Å². The largest absolute Gasteiger partial charge is 0.475 e. The second-order valence-corrected chi connectivity index (χ2v) is 16.7. The zero-order valence-corrected chi connectivity index (χ0v) is 25.3. The van der Waals surface area contributed by atoms with Gasteiger partial charge in [0.25, 0.3) is 5.56 Å². The van der Waals surface area contributed by atoms with Gasteiger partial charge in [0, 0.05) is 27.0 Å². The van der Waals surface area contributed by atoms with Gasteiger partial charge in [0.1, 0.15) is 11.8 Å². The number of H-pyrrole nitrogens is 1. The Kier molecular flexibility index (Phi) is 8.90. The van der Waals surface area contributed by atoms with Gasteiger partial charge in [0.05, 0.1) is 30.3 Å². The molecule has 1 aromatic heterocycles. The van der Waals surface area contributed by atoms with Gasteiger partial charge in [-0.15, -0.1) is 11.8 Å². The van der Waals surface area contributed by atoms with Crippen LogP contribution in [0.5, 0.6) is 0 Å².